The summed E-state index contributed by atoms with van der Waals surface area (Å²) in [6.45, 7) is 2.29. The average Bonchev–Trinajstić information content (AvgIpc) is 2.66. The van der Waals surface area contributed by atoms with Crippen LogP contribution in [0.2, 0.25) is 0 Å². The Hall–Kier alpha value is -3.73. The van der Waals surface area contributed by atoms with Crippen molar-refractivity contribution < 1.29 is 40.6 Å². The van der Waals surface area contributed by atoms with E-state index in [2.05, 4.69) is 9.17 Å². The van der Waals surface area contributed by atoms with Gasteiger partial charge in [-0.3, -0.25) is 14.9 Å². The molecule has 1 aromatic carbocycles. The summed E-state index contributed by atoms with van der Waals surface area (Å²) >= 11 is 0. The van der Waals surface area contributed by atoms with Crippen LogP contribution in [-0.2, 0) is 20.3 Å². The van der Waals surface area contributed by atoms with Gasteiger partial charge in [-0.05, 0) is 37.6 Å². The Morgan fingerprint density at radius 2 is 1.81 bits per heavy atom. The Morgan fingerprint density at radius 1 is 1.26 bits per heavy atom. The van der Waals surface area contributed by atoms with Crippen molar-refractivity contribution in [3.05, 3.63) is 51.7 Å². The van der Waals surface area contributed by atoms with Crippen LogP contribution in [0, 0.1) is 21.4 Å². The van der Waals surface area contributed by atoms with Gasteiger partial charge in [0, 0.05) is 17.7 Å². The van der Waals surface area contributed by atoms with Gasteiger partial charge >= 0.3 is 21.6 Å². The van der Waals surface area contributed by atoms with E-state index in [-0.39, 0.29) is 16.8 Å². The molecular formula is C17H12F3N3O7S. The van der Waals surface area contributed by atoms with Gasteiger partial charge in [-0.2, -0.15) is 26.9 Å². The lowest BCUT2D eigenvalue weighted by atomic mass is 9.86. The number of nitro benzene ring substituents is 1. The summed E-state index contributed by atoms with van der Waals surface area (Å²) in [6.07, 6.45) is 0. The molecule has 0 aliphatic carbocycles. The highest BCUT2D eigenvalue weighted by Gasteiger charge is 2.49. The Labute approximate surface area is 172 Å². The first-order chi connectivity index (χ1) is 14.1. The SMILES string of the molecule is CC(C)(C(=O)O)c1cc(-c2ccc([N+](=O)[O-])cc2)c(C#N)c(OS(=O)(=O)C(F)(F)F)n1. The topological polar surface area (TPSA) is 160 Å². The number of nitro groups is 1. The number of alkyl halides is 3. The van der Waals surface area contributed by atoms with Gasteiger partial charge in [0.25, 0.3) is 11.6 Å². The maximum atomic E-state index is 12.8. The molecule has 14 heteroatoms. The standard InChI is InChI=1S/C17H12F3N3O7S/c1-16(2,15(24)25)13-7-11(9-3-5-10(6-4-9)23(26)27)12(8-21)14(22-13)30-31(28,29)17(18,19)20/h3-7H,1-2H3,(H,24,25). The van der Waals surface area contributed by atoms with Crippen molar-refractivity contribution in [2.75, 3.05) is 0 Å². The predicted octanol–water partition coefficient (Wildman–Crippen LogP) is 3.12. The minimum atomic E-state index is -6.23. The van der Waals surface area contributed by atoms with E-state index in [0.717, 1.165) is 44.2 Å². The number of carboxylic acids is 1. The van der Waals surface area contributed by atoms with Crippen LogP contribution in [0.1, 0.15) is 25.1 Å². The largest absolute Gasteiger partial charge is 0.534 e. The summed E-state index contributed by atoms with van der Waals surface area (Å²) < 4.78 is 65.3. The highest BCUT2D eigenvalue weighted by molar-refractivity contribution is 7.87. The number of rotatable bonds is 6. The van der Waals surface area contributed by atoms with E-state index in [1.165, 1.54) is 6.07 Å². The zero-order chi connectivity index (χ0) is 23.8. The molecule has 1 aromatic heterocycles. The molecule has 0 saturated carbocycles. The number of nitriles is 1. The maximum Gasteiger partial charge on any atom is 0.534 e. The zero-order valence-electron chi connectivity index (χ0n) is 15.7. The van der Waals surface area contributed by atoms with E-state index in [0.29, 0.717) is 0 Å². The maximum absolute atomic E-state index is 12.8. The van der Waals surface area contributed by atoms with E-state index in [4.69, 9.17) is 0 Å². The number of hydrogen-bond acceptors (Lipinski definition) is 8. The number of benzene rings is 1. The van der Waals surface area contributed by atoms with Crippen molar-refractivity contribution in [1.29, 1.82) is 5.26 Å². The van der Waals surface area contributed by atoms with Crippen LogP contribution in [0.25, 0.3) is 11.1 Å². The fourth-order valence-electron chi connectivity index (χ4n) is 2.26. The van der Waals surface area contributed by atoms with E-state index in [9.17, 15) is 46.9 Å². The first kappa shape index (κ1) is 23.5. The van der Waals surface area contributed by atoms with Crippen molar-refractivity contribution in [2.24, 2.45) is 0 Å². The third-order valence-electron chi connectivity index (χ3n) is 4.13. The molecule has 0 atom stereocenters. The van der Waals surface area contributed by atoms with Crippen LogP contribution in [0.5, 0.6) is 5.88 Å². The second-order valence-electron chi connectivity index (χ2n) is 6.56. The minimum absolute atomic E-state index is 0.0428. The molecule has 1 N–H and O–H groups in total. The fourth-order valence-corrected chi connectivity index (χ4v) is 2.68. The molecule has 31 heavy (non-hydrogen) atoms. The highest BCUT2D eigenvalue weighted by atomic mass is 32.2. The lowest BCUT2D eigenvalue weighted by Gasteiger charge is -2.21. The van der Waals surface area contributed by atoms with Crippen molar-refractivity contribution >= 4 is 21.8 Å². The monoisotopic (exact) mass is 459 g/mol. The number of halogens is 3. The molecule has 0 radical (unpaired) electrons. The summed E-state index contributed by atoms with van der Waals surface area (Å²) in [5.41, 5.74) is -9.35. The number of aromatic nitrogens is 1. The Balaban J connectivity index is 2.84. The molecule has 0 aliphatic heterocycles. The Bertz CT molecular complexity index is 1200. The molecule has 0 spiro atoms. The van der Waals surface area contributed by atoms with Gasteiger partial charge in [-0.25, -0.2) is 4.98 Å². The molecule has 0 aliphatic rings. The molecule has 1 heterocycles. The summed E-state index contributed by atoms with van der Waals surface area (Å²) in [4.78, 5) is 25.2. The third kappa shape index (κ3) is 4.56. The number of nitrogens with zero attached hydrogens (tertiary/aromatic N) is 3. The summed E-state index contributed by atoms with van der Waals surface area (Å²) in [5, 5.41) is 29.7. The average molecular weight is 459 g/mol. The normalized spacial score (nSPS) is 12.1. The Morgan fingerprint density at radius 3 is 2.23 bits per heavy atom. The van der Waals surface area contributed by atoms with Gasteiger partial charge in [0.1, 0.15) is 17.0 Å². The van der Waals surface area contributed by atoms with E-state index in [1.54, 1.807) is 0 Å². The van der Waals surface area contributed by atoms with Gasteiger partial charge in [0.05, 0.1) is 10.6 Å². The number of pyridine rings is 1. The zero-order valence-corrected chi connectivity index (χ0v) is 16.5. The van der Waals surface area contributed by atoms with Gasteiger partial charge < -0.3 is 9.29 Å². The number of carboxylic acid groups (broad SMARTS) is 1. The molecular weight excluding hydrogens is 447 g/mol. The summed E-state index contributed by atoms with van der Waals surface area (Å²) in [5.74, 6) is -2.73. The van der Waals surface area contributed by atoms with Gasteiger partial charge in [0.2, 0.25) is 0 Å². The van der Waals surface area contributed by atoms with Gasteiger partial charge in [-0.15, -0.1) is 0 Å². The lowest BCUT2D eigenvalue weighted by Crippen LogP contribution is -2.31. The van der Waals surface area contributed by atoms with Crippen LogP contribution in [0.4, 0.5) is 18.9 Å². The van der Waals surface area contributed by atoms with E-state index < -0.39 is 49.1 Å². The van der Waals surface area contributed by atoms with Crippen LogP contribution >= 0.6 is 0 Å². The minimum Gasteiger partial charge on any atom is -0.481 e. The van der Waals surface area contributed by atoms with Crippen LogP contribution in [0.15, 0.2) is 30.3 Å². The quantitative estimate of drug-likeness (QED) is 0.296. The summed E-state index contributed by atoms with van der Waals surface area (Å²) in [6, 6.07) is 6.90. The Kier molecular flexibility index (Phi) is 5.95. The van der Waals surface area contributed by atoms with Crippen LogP contribution in [0.3, 0.4) is 0 Å². The fraction of sp³-hybridized carbons (Fsp3) is 0.235. The summed E-state index contributed by atoms with van der Waals surface area (Å²) in [7, 11) is -6.23. The third-order valence-corrected chi connectivity index (χ3v) is 5.08. The van der Waals surface area contributed by atoms with Crippen molar-refractivity contribution in [3.63, 3.8) is 0 Å². The number of hydrogen-bond donors (Lipinski definition) is 1. The molecule has 0 unspecified atom stereocenters. The molecule has 164 valence electrons. The molecule has 0 amide bonds. The molecule has 0 saturated heterocycles. The molecule has 2 rings (SSSR count). The van der Waals surface area contributed by atoms with Crippen LogP contribution in [-0.4, -0.2) is 34.9 Å². The van der Waals surface area contributed by atoms with Gasteiger partial charge in [-0.1, -0.05) is 0 Å². The second kappa shape index (κ2) is 7.84. The smallest absolute Gasteiger partial charge is 0.481 e. The number of non-ortho nitro benzene ring substituents is 1. The predicted molar refractivity (Wildman–Crippen MR) is 97.3 cm³/mol. The molecule has 10 nitrogen and oxygen atoms in total. The first-order valence-corrected chi connectivity index (χ1v) is 9.47. The van der Waals surface area contributed by atoms with Crippen molar-refractivity contribution in [3.8, 4) is 23.1 Å². The highest BCUT2D eigenvalue weighted by Crippen LogP contribution is 2.37. The molecule has 2 aromatic rings. The lowest BCUT2D eigenvalue weighted by molar-refractivity contribution is -0.384. The van der Waals surface area contributed by atoms with Gasteiger partial charge in [0.15, 0.2) is 0 Å². The van der Waals surface area contributed by atoms with E-state index >= 15 is 0 Å². The van der Waals surface area contributed by atoms with Crippen LogP contribution < -0.4 is 4.18 Å². The van der Waals surface area contributed by atoms with E-state index in [1.807, 2.05) is 0 Å². The first-order valence-electron chi connectivity index (χ1n) is 8.06. The van der Waals surface area contributed by atoms with Crippen molar-refractivity contribution in [2.45, 2.75) is 24.8 Å². The number of aliphatic carboxylic acids is 1. The second-order valence-corrected chi connectivity index (χ2v) is 8.10. The van der Waals surface area contributed by atoms with Crippen molar-refractivity contribution in [1.82, 2.24) is 4.98 Å². The molecule has 0 bridgehead atoms. The number of carbonyl (C=O) groups is 1. The molecule has 0 fully saturated rings.